The number of anilines is 1. The molecule has 41 heavy (non-hydrogen) atoms. The molecule has 2 fully saturated rings. The van der Waals surface area contributed by atoms with Crippen LogP contribution in [-0.4, -0.2) is 87.6 Å². The summed E-state index contributed by atoms with van der Waals surface area (Å²) in [7, 11) is -1.97. The van der Waals surface area contributed by atoms with E-state index in [4.69, 9.17) is 14.5 Å². The Morgan fingerprint density at radius 3 is 2.54 bits per heavy atom. The first kappa shape index (κ1) is 29.9. The lowest BCUT2D eigenvalue weighted by Crippen LogP contribution is -2.39. The van der Waals surface area contributed by atoms with Gasteiger partial charge in [0, 0.05) is 44.8 Å². The summed E-state index contributed by atoms with van der Waals surface area (Å²) < 4.78 is 40.4. The van der Waals surface area contributed by atoms with E-state index in [1.807, 2.05) is 25.1 Å². The fourth-order valence-corrected chi connectivity index (χ4v) is 8.02. The lowest BCUT2D eigenvalue weighted by atomic mass is 9.96. The van der Waals surface area contributed by atoms with Gasteiger partial charge < -0.3 is 9.47 Å². The molecule has 11 heteroatoms. The number of benzene rings is 2. The Bertz CT molecular complexity index is 1410. The highest BCUT2D eigenvalue weighted by Gasteiger charge is 2.30. The number of amides is 1. The highest BCUT2D eigenvalue weighted by molar-refractivity contribution is 7.89. The predicted molar refractivity (Wildman–Crippen MR) is 163 cm³/mol. The van der Waals surface area contributed by atoms with E-state index in [-0.39, 0.29) is 16.8 Å². The zero-order valence-electron chi connectivity index (χ0n) is 24.0. The maximum absolute atomic E-state index is 13.9. The molecule has 2 aliphatic rings. The van der Waals surface area contributed by atoms with E-state index in [9.17, 15) is 13.2 Å². The lowest BCUT2D eigenvalue weighted by Gasteiger charge is -2.30. The van der Waals surface area contributed by atoms with Crippen molar-refractivity contribution < 1.29 is 22.7 Å². The van der Waals surface area contributed by atoms with Gasteiger partial charge in [-0.2, -0.15) is 4.31 Å². The van der Waals surface area contributed by atoms with Gasteiger partial charge in [-0.05, 0) is 62.6 Å². The fourth-order valence-electron chi connectivity index (χ4n) is 5.59. The van der Waals surface area contributed by atoms with E-state index in [0.29, 0.717) is 29.6 Å². The number of nitrogens with zero attached hydrogens (tertiary/aromatic N) is 4. The average molecular weight is 601 g/mol. The van der Waals surface area contributed by atoms with Crippen LogP contribution in [-0.2, 0) is 14.8 Å². The topological polar surface area (TPSA) is 92.3 Å². The van der Waals surface area contributed by atoms with E-state index in [0.717, 1.165) is 81.6 Å². The number of morpholine rings is 1. The second-order valence-electron chi connectivity index (χ2n) is 10.6. The van der Waals surface area contributed by atoms with Gasteiger partial charge in [0.05, 0.1) is 29.4 Å². The standard InChI is InChI=1S/C30H40N4O5S2/c1-3-39-26-11-7-12-27-28(26)31-30(40-27)34(18-8-17-33-19-21-38-22-20-33)29(35)23-13-15-25(16-14-23)41(36,37)32(2)24-9-5-4-6-10-24/h7,11-16,24H,3-6,8-10,17-22H2,1-2H3. The molecule has 3 aromatic rings. The van der Waals surface area contributed by atoms with Gasteiger partial charge in [-0.3, -0.25) is 14.6 Å². The van der Waals surface area contributed by atoms with Crippen LogP contribution < -0.4 is 9.64 Å². The molecule has 0 spiro atoms. The molecule has 0 N–H and O–H groups in total. The van der Waals surface area contributed by atoms with Gasteiger partial charge in [-0.1, -0.05) is 36.7 Å². The highest BCUT2D eigenvalue weighted by atomic mass is 32.2. The first-order chi connectivity index (χ1) is 19.9. The summed E-state index contributed by atoms with van der Waals surface area (Å²) in [4.78, 5) is 23.0. The van der Waals surface area contributed by atoms with Crippen LogP contribution in [0, 0.1) is 0 Å². The van der Waals surface area contributed by atoms with E-state index >= 15 is 0 Å². The third-order valence-corrected chi connectivity index (χ3v) is 10.9. The molecule has 5 rings (SSSR count). The molecule has 1 aliphatic carbocycles. The molecule has 1 saturated heterocycles. The number of rotatable bonds is 11. The van der Waals surface area contributed by atoms with Crippen LogP contribution in [0.5, 0.6) is 5.75 Å². The lowest BCUT2D eigenvalue weighted by molar-refractivity contribution is 0.0376. The zero-order valence-corrected chi connectivity index (χ0v) is 25.6. The molecule has 0 atom stereocenters. The zero-order chi connectivity index (χ0) is 28.8. The Morgan fingerprint density at radius 1 is 1.10 bits per heavy atom. The fraction of sp³-hybridized carbons (Fsp3) is 0.533. The smallest absolute Gasteiger partial charge is 0.260 e. The number of carbonyl (C=O) groups is 1. The highest BCUT2D eigenvalue weighted by Crippen LogP contribution is 2.35. The van der Waals surface area contributed by atoms with E-state index in [2.05, 4.69) is 4.90 Å². The minimum absolute atomic E-state index is 0.0256. The number of sulfonamides is 1. The minimum atomic E-state index is -3.64. The van der Waals surface area contributed by atoms with Crippen molar-refractivity contribution in [3.63, 3.8) is 0 Å². The third-order valence-electron chi connectivity index (χ3n) is 7.97. The summed E-state index contributed by atoms with van der Waals surface area (Å²) in [5.74, 6) is 0.499. The second-order valence-corrected chi connectivity index (χ2v) is 13.6. The summed E-state index contributed by atoms with van der Waals surface area (Å²) in [6.45, 7) is 7.04. The maximum Gasteiger partial charge on any atom is 0.260 e. The van der Waals surface area contributed by atoms with Crippen LogP contribution in [0.4, 0.5) is 5.13 Å². The van der Waals surface area contributed by atoms with Crippen molar-refractivity contribution in [2.45, 2.75) is 56.4 Å². The number of fused-ring (bicyclic) bond motifs is 1. The molecule has 0 radical (unpaired) electrons. The number of hydrogen-bond donors (Lipinski definition) is 0. The van der Waals surface area contributed by atoms with Crippen LogP contribution in [0.25, 0.3) is 10.2 Å². The van der Waals surface area contributed by atoms with Gasteiger partial charge >= 0.3 is 0 Å². The van der Waals surface area contributed by atoms with E-state index < -0.39 is 10.0 Å². The number of thiazole rings is 1. The van der Waals surface area contributed by atoms with Crippen LogP contribution >= 0.6 is 11.3 Å². The minimum Gasteiger partial charge on any atom is -0.492 e. The maximum atomic E-state index is 13.9. The molecule has 222 valence electrons. The van der Waals surface area contributed by atoms with Crippen molar-refractivity contribution >= 4 is 42.6 Å². The van der Waals surface area contributed by atoms with Crippen molar-refractivity contribution in [2.24, 2.45) is 0 Å². The van der Waals surface area contributed by atoms with Gasteiger partial charge in [0.25, 0.3) is 5.91 Å². The molecule has 1 aliphatic heterocycles. The predicted octanol–water partition coefficient (Wildman–Crippen LogP) is 5.02. The summed E-state index contributed by atoms with van der Waals surface area (Å²) in [5.41, 5.74) is 1.17. The third kappa shape index (κ3) is 6.91. The largest absolute Gasteiger partial charge is 0.492 e. The van der Waals surface area contributed by atoms with Gasteiger partial charge in [0.2, 0.25) is 10.0 Å². The van der Waals surface area contributed by atoms with E-state index in [1.165, 1.54) is 15.6 Å². The Labute approximate surface area is 247 Å². The van der Waals surface area contributed by atoms with E-state index in [1.54, 1.807) is 36.2 Å². The monoisotopic (exact) mass is 600 g/mol. The molecule has 1 saturated carbocycles. The van der Waals surface area contributed by atoms with Crippen LogP contribution in [0.1, 0.15) is 55.8 Å². The normalized spacial score (nSPS) is 17.2. The number of para-hydroxylation sites is 1. The molecule has 0 unspecified atom stereocenters. The van der Waals surface area contributed by atoms with Gasteiger partial charge in [-0.25, -0.2) is 13.4 Å². The number of hydrogen-bond acceptors (Lipinski definition) is 8. The second kappa shape index (κ2) is 13.6. The molecule has 9 nitrogen and oxygen atoms in total. The average Bonchev–Trinajstić information content (AvgIpc) is 3.45. The Kier molecular flexibility index (Phi) is 9.92. The quantitative estimate of drug-likeness (QED) is 0.305. The van der Waals surface area contributed by atoms with Crippen molar-refractivity contribution in [2.75, 3.05) is 57.9 Å². The van der Waals surface area contributed by atoms with Crippen LogP contribution in [0.15, 0.2) is 47.4 Å². The molecular formula is C30H40N4O5S2. The van der Waals surface area contributed by atoms with Crippen LogP contribution in [0.3, 0.4) is 0 Å². The molecular weight excluding hydrogens is 560 g/mol. The molecule has 2 aromatic carbocycles. The van der Waals surface area contributed by atoms with Gasteiger partial charge in [0.15, 0.2) is 5.13 Å². The summed E-state index contributed by atoms with van der Waals surface area (Å²) in [6, 6.07) is 12.2. The first-order valence-electron chi connectivity index (χ1n) is 14.6. The SMILES string of the molecule is CCOc1cccc2sc(N(CCCN3CCOCC3)C(=O)c3ccc(S(=O)(=O)N(C)C4CCCCC4)cc3)nc12. The van der Waals surface area contributed by atoms with Crippen molar-refractivity contribution in [1.82, 2.24) is 14.2 Å². The summed E-state index contributed by atoms with van der Waals surface area (Å²) in [6.07, 6.45) is 5.82. The van der Waals surface area contributed by atoms with Crippen molar-refractivity contribution in [3.8, 4) is 5.75 Å². The Morgan fingerprint density at radius 2 is 1.83 bits per heavy atom. The molecule has 2 heterocycles. The summed E-state index contributed by atoms with van der Waals surface area (Å²) >= 11 is 1.46. The molecule has 1 aromatic heterocycles. The van der Waals surface area contributed by atoms with Crippen LogP contribution in [0.2, 0.25) is 0 Å². The Hall–Kier alpha value is -2.57. The van der Waals surface area contributed by atoms with Crippen molar-refractivity contribution in [3.05, 3.63) is 48.0 Å². The first-order valence-corrected chi connectivity index (χ1v) is 16.9. The summed E-state index contributed by atoms with van der Waals surface area (Å²) in [5, 5.41) is 0.605. The molecule has 1 amide bonds. The molecule has 0 bridgehead atoms. The number of aromatic nitrogens is 1. The number of carbonyl (C=O) groups excluding carboxylic acids is 1. The van der Waals surface area contributed by atoms with Gasteiger partial charge in [-0.15, -0.1) is 0 Å². The number of ether oxygens (including phenoxy) is 2. The Balaban J connectivity index is 1.38. The van der Waals surface area contributed by atoms with Gasteiger partial charge in [0.1, 0.15) is 11.3 Å². The van der Waals surface area contributed by atoms with Crippen molar-refractivity contribution in [1.29, 1.82) is 0 Å².